The maximum Gasteiger partial charge on any atom is 0.267 e. The number of hydrogen-bond acceptors (Lipinski definition) is 9. The zero-order valence-electron chi connectivity index (χ0n) is 19.1. The maximum atomic E-state index is 13.2. The van der Waals surface area contributed by atoms with E-state index in [2.05, 4.69) is 31.1 Å². The van der Waals surface area contributed by atoms with Crippen molar-refractivity contribution < 1.29 is 30.9 Å². The molecule has 0 aliphatic heterocycles. The van der Waals surface area contributed by atoms with Crippen molar-refractivity contribution in [2.24, 2.45) is 0 Å². The molecule has 2 aromatic heterocycles. The lowest BCUT2D eigenvalue weighted by Crippen LogP contribution is -2.30. The van der Waals surface area contributed by atoms with E-state index in [0.717, 1.165) is 17.6 Å². The van der Waals surface area contributed by atoms with Crippen LogP contribution in [0.3, 0.4) is 0 Å². The van der Waals surface area contributed by atoms with Gasteiger partial charge >= 0.3 is 0 Å². The monoisotopic (exact) mass is 604 g/mol. The Hall–Kier alpha value is -2.75. The molecular weight excluding hydrogens is 584 g/mol. The van der Waals surface area contributed by atoms with Gasteiger partial charge in [0.1, 0.15) is 14.2 Å². The summed E-state index contributed by atoms with van der Waals surface area (Å²) in [4.78, 5) is 25.9. The number of anilines is 2. The van der Waals surface area contributed by atoms with E-state index in [-0.39, 0.29) is 26.9 Å². The number of halogens is 1. The van der Waals surface area contributed by atoms with Gasteiger partial charge < -0.3 is 9.84 Å². The zero-order chi connectivity index (χ0) is 26.3. The summed E-state index contributed by atoms with van der Waals surface area (Å²) in [6.07, 6.45) is 0.832. The lowest BCUT2D eigenvalue weighted by Gasteiger charge is -2.15. The summed E-state index contributed by atoms with van der Waals surface area (Å²) in [5.41, 5.74) is 1.54. The summed E-state index contributed by atoms with van der Waals surface area (Å²) >= 11 is 4.12. The molecule has 3 rings (SSSR count). The molecule has 0 aliphatic rings. The van der Waals surface area contributed by atoms with Crippen LogP contribution in [0.15, 0.2) is 32.1 Å². The molecule has 1 aromatic carbocycles. The summed E-state index contributed by atoms with van der Waals surface area (Å²) in [5, 5.41) is 6.25. The van der Waals surface area contributed by atoms with Crippen LogP contribution >= 0.6 is 27.3 Å². The second kappa shape index (κ2) is 9.72. The second-order valence-corrected chi connectivity index (χ2v) is 13.2. The first-order valence-electron chi connectivity index (χ1n) is 9.79. The Morgan fingerprint density at radius 3 is 2.26 bits per heavy atom. The number of aromatic nitrogens is 1. The molecule has 11 nitrogen and oxygen atoms in total. The van der Waals surface area contributed by atoms with Crippen LogP contribution in [0, 0.1) is 27.7 Å². The molecular formula is C20H21BrN4O7S3. The Morgan fingerprint density at radius 2 is 1.69 bits per heavy atom. The van der Waals surface area contributed by atoms with E-state index in [4.69, 9.17) is 4.52 Å². The highest BCUT2D eigenvalue weighted by Gasteiger charge is 2.29. The number of sulfonamides is 2. The van der Waals surface area contributed by atoms with Crippen LogP contribution in [0.1, 0.15) is 41.7 Å². The summed E-state index contributed by atoms with van der Waals surface area (Å²) in [6, 6.07) is 4.44. The van der Waals surface area contributed by atoms with E-state index < -0.39 is 31.9 Å². The predicted octanol–water partition coefficient (Wildman–Crippen LogP) is 3.47. The van der Waals surface area contributed by atoms with E-state index in [1.54, 1.807) is 33.8 Å². The smallest absolute Gasteiger partial charge is 0.267 e. The van der Waals surface area contributed by atoms with Crippen molar-refractivity contribution in [3.05, 3.63) is 54.8 Å². The van der Waals surface area contributed by atoms with Crippen molar-refractivity contribution in [3.63, 3.8) is 0 Å². The van der Waals surface area contributed by atoms with Crippen LogP contribution in [0.4, 0.5) is 11.6 Å². The SMILES string of the molecule is Cc1cc(C)c(NC(=O)c2sc(C)cc2S(=O)(=O)Nc2onc(C)c2Br)c(C(=O)NS(C)(=O)=O)c1. The number of thiophene rings is 1. The van der Waals surface area contributed by atoms with E-state index in [0.29, 0.717) is 26.2 Å². The molecule has 2 heterocycles. The van der Waals surface area contributed by atoms with Crippen molar-refractivity contribution in [2.75, 3.05) is 16.3 Å². The van der Waals surface area contributed by atoms with Crippen molar-refractivity contribution in [1.29, 1.82) is 0 Å². The van der Waals surface area contributed by atoms with Crippen molar-refractivity contribution in [2.45, 2.75) is 32.6 Å². The largest absolute Gasteiger partial charge is 0.336 e. The van der Waals surface area contributed by atoms with E-state index in [1.165, 1.54) is 12.1 Å². The van der Waals surface area contributed by atoms with Gasteiger partial charge in [-0.3, -0.25) is 9.59 Å². The van der Waals surface area contributed by atoms with Gasteiger partial charge in [-0.05, 0) is 66.9 Å². The van der Waals surface area contributed by atoms with E-state index >= 15 is 0 Å². The predicted molar refractivity (Wildman–Crippen MR) is 135 cm³/mol. The third-order valence-electron chi connectivity index (χ3n) is 4.58. The summed E-state index contributed by atoms with van der Waals surface area (Å²) in [7, 11) is -8.12. The lowest BCUT2D eigenvalue weighted by molar-refractivity contribution is 0.0982. The van der Waals surface area contributed by atoms with Gasteiger partial charge in [0, 0.05) is 4.88 Å². The number of benzene rings is 1. The lowest BCUT2D eigenvalue weighted by atomic mass is 10.0. The summed E-state index contributed by atoms with van der Waals surface area (Å²) in [6.45, 7) is 6.58. The average molecular weight is 606 g/mol. The Labute approximate surface area is 214 Å². The van der Waals surface area contributed by atoms with Gasteiger partial charge in [0.05, 0.1) is 23.2 Å². The summed E-state index contributed by atoms with van der Waals surface area (Å²) in [5.74, 6) is -1.87. The molecule has 0 spiro atoms. The highest BCUT2D eigenvalue weighted by Crippen LogP contribution is 2.33. The third kappa shape index (κ3) is 6.09. The van der Waals surface area contributed by atoms with Crippen LogP contribution in [-0.4, -0.2) is 40.1 Å². The molecule has 3 N–H and O–H groups in total. The molecule has 3 aromatic rings. The van der Waals surface area contributed by atoms with Crippen molar-refractivity contribution in [1.82, 2.24) is 9.88 Å². The zero-order valence-corrected chi connectivity index (χ0v) is 23.2. The molecule has 0 radical (unpaired) electrons. The minimum absolute atomic E-state index is 0.0534. The number of nitrogens with one attached hydrogen (secondary N) is 3. The van der Waals surface area contributed by atoms with Gasteiger partial charge in [-0.25, -0.2) is 26.3 Å². The molecule has 188 valence electrons. The minimum atomic E-state index is -4.26. The maximum absolute atomic E-state index is 13.2. The number of amides is 2. The van der Waals surface area contributed by atoms with Gasteiger partial charge in [-0.1, -0.05) is 11.2 Å². The quantitative estimate of drug-likeness (QED) is 0.369. The standard InChI is InChI=1S/C20H21BrN4O7S3/c1-9-6-10(2)16(13(7-9)18(26)24-34(5,28)29)22-19(27)17-14(8-11(3)33-17)35(30,31)25-20-15(21)12(4)23-32-20/h6-8,25H,1-5H3,(H,22,27)(H,24,26). The van der Waals surface area contributed by atoms with Gasteiger partial charge in [0.25, 0.3) is 27.7 Å². The fraction of sp³-hybridized carbons (Fsp3) is 0.250. The molecule has 0 bridgehead atoms. The minimum Gasteiger partial charge on any atom is -0.336 e. The average Bonchev–Trinajstić information content (AvgIpc) is 3.26. The Bertz CT molecular complexity index is 1560. The number of rotatable bonds is 7. The van der Waals surface area contributed by atoms with E-state index in [9.17, 15) is 26.4 Å². The topological polar surface area (TPSA) is 165 Å². The highest BCUT2D eigenvalue weighted by atomic mass is 79.9. The Kier molecular flexibility index (Phi) is 7.45. The first-order valence-corrected chi connectivity index (χ1v) is 14.8. The van der Waals surface area contributed by atoms with E-state index in [1.807, 2.05) is 4.72 Å². The summed E-state index contributed by atoms with van der Waals surface area (Å²) < 4.78 is 58.7. The highest BCUT2D eigenvalue weighted by molar-refractivity contribution is 9.10. The van der Waals surface area contributed by atoms with Crippen LogP contribution in [0.2, 0.25) is 0 Å². The van der Waals surface area contributed by atoms with Crippen molar-refractivity contribution in [3.8, 4) is 0 Å². The Morgan fingerprint density at radius 1 is 1.03 bits per heavy atom. The van der Waals surface area contributed by atoms with Gasteiger partial charge in [0.15, 0.2) is 0 Å². The number of nitrogens with zero attached hydrogens (tertiary/aromatic N) is 1. The molecule has 0 fully saturated rings. The fourth-order valence-corrected chi connectivity index (χ4v) is 6.47. The van der Waals surface area contributed by atoms with Gasteiger partial charge in [0.2, 0.25) is 10.0 Å². The van der Waals surface area contributed by atoms with Crippen molar-refractivity contribution >= 4 is 70.7 Å². The third-order valence-corrected chi connectivity index (χ3v) is 8.60. The van der Waals surface area contributed by atoms with Crippen LogP contribution in [0.5, 0.6) is 0 Å². The number of aryl methyl sites for hydroxylation is 4. The molecule has 0 saturated heterocycles. The number of carbonyl (C=O) groups is 2. The number of hydrogen-bond donors (Lipinski definition) is 3. The molecule has 0 unspecified atom stereocenters. The fourth-order valence-electron chi connectivity index (χ4n) is 3.15. The van der Waals surface area contributed by atoms with Crippen LogP contribution in [-0.2, 0) is 20.0 Å². The second-order valence-electron chi connectivity index (χ2n) is 7.73. The first kappa shape index (κ1) is 26.8. The van der Waals surface area contributed by atoms with Crippen LogP contribution in [0.25, 0.3) is 0 Å². The van der Waals surface area contributed by atoms with Crippen LogP contribution < -0.4 is 14.8 Å². The first-order chi connectivity index (χ1) is 16.1. The Balaban J connectivity index is 2.01. The van der Waals surface area contributed by atoms with Gasteiger partial charge in [-0.15, -0.1) is 11.3 Å². The molecule has 35 heavy (non-hydrogen) atoms. The molecule has 0 atom stereocenters. The molecule has 15 heteroatoms. The molecule has 0 aliphatic carbocycles. The van der Waals surface area contributed by atoms with Gasteiger partial charge in [-0.2, -0.15) is 0 Å². The molecule has 0 saturated carbocycles. The molecule has 2 amide bonds. The normalized spacial score (nSPS) is 11.8. The number of carbonyl (C=O) groups excluding carboxylic acids is 2.